The van der Waals surface area contributed by atoms with Gasteiger partial charge in [-0.25, -0.2) is 0 Å². The number of hydrogen-bond donors (Lipinski definition) is 0. The van der Waals surface area contributed by atoms with Gasteiger partial charge in [0, 0.05) is 0 Å². The number of allylic oxidation sites excluding steroid dienone is 12. The van der Waals surface area contributed by atoms with Gasteiger partial charge in [0.25, 0.3) is 0 Å². The summed E-state index contributed by atoms with van der Waals surface area (Å²) in [7, 11) is 0. The van der Waals surface area contributed by atoms with E-state index in [1.807, 2.05) is 12.2 Å². The summed E-state index contributed by atoms with van der Waals surface area (Å²) in [5.74, 6) is 0.386. The van der Waals surface area contributed by atoms with E-state index >= 15 is 0 Å². The highest BCUT2D eigenvalue weighted by molar-refractivity contribution is 5.64. The Hall–Kier alpha value is -3.64. The van der Waals surface area contributed by atoms with Crippen LogP contribution in [0, 0.1) is 5.92 Å². The Bertz CT molecular complexity index is 1190. The molecule has 0 spiro atoms. The van der Waals surface area contributed by atoms with E-state index in [1.165, 1.54) is 39.0 Å². The van der Waals surface area contributed by atoms with Crippen molar-refractivity contribution in [2.45, 2.75) is 39.5 Å². The van der Waals surface area contributed by atoms with Crippen molar-refractivity contribution in [2.75, 3.05) is 0 Å². The summed E-state index contributed by atoms with van der Waals surface area (Å²) in [6.07, 6.45) is 18.4. The molecule has 0 amide bonds. The lowest BCUT2D eigenvalue weighted by Gasteiger charge is -2.11. The first kappa shape index (κ1) is 26.0. The van der Waals surface area contributed by atoms with Gasteiger partial charge in [0.15, 0.2) is 0 Å². The van der Waals surface area contributed by atoms with E-state index in [1.54, 1.807) is 0 Å². The molecule has 0 nitrogen and oxygen atoms in total. The predicted octanol–water partition coefficient (Wildman–Crippen LogP) is 9.71. The fourth-order valence-electron chi connectivity index (χ4n) is 4.50. The third kappa shape index (κ3) is 6.93. The summed E-state index contributed by atoms with van der Waals surface area (Å²) in [6.45, 7) is 20.6. The van der Waals surface area contributed by atoms with Crippen molar-refractivity contribution in [1.29, 1.82) is 0 Å². The zero-order chi connectivity index (χ0) is 25.2. The molecule has 1 aliphatic rings. The number of aryl methyl sites for hydroxylation is 1. The zero-order valence-corrected chi connectivity index (χ0v) is 21.4. The molecule has 0 saturated heterocycles. The van der Waals surface area contributed by atoms with Crippen molar-refractivity contribution in [3.8, 4) is 11.1 Å². The number of rotatable bonds is 11. The van der Waals surface area contributed by atoms with E-state index in [9.17, 15) is 0 Å². The van der Waals surface area contributed by atoms with Crippen LogP contribution in [0.3, 0.4) is 0 Å². The van der Waals surface area contributed by atoms with Crippen molar-refractivity contribution < 1.29 is 0 Å². The van der Waals surface area contributed by atoms with E-state index in [0.717, 1.165) is 36.8 Å². The third-order valence-electron chi connectivity index (χ3n) is 6.71. The molecule has 35 heavy (non-hydrogen) atoms. The lowest BCUT2D eigenvalue weighted by atomic mass is 9.93. The Morgan fingerprint density at radius 3 is 2.09 bits per heavy atom. The molecule has 0 heteroatoms. The second-order valence-electron chi connectivity index (χ2n) is 9.12. The summed E-state index contributed by atoms with van der Waals surface area (Å²) in [5, 5.41) is 0. The van der Waals surface area contributed by atoms with Crippen LogP contribution in [-0.2, 0) is 12.8 Å². The van der Waals surface area contributed by atoms with Gasteiger partial charge in [0.2, 0.25) is 0 Å². The summed E-state index contributed by atoms with van der Waals surface area (Å²) in [5.41, 5.74) is 11.1. The Kier molecular flexibility index (Phi) is 9.44. The van der Waals surface area contributed by atoms with E-state index in [2.05, 4.69) is 119 Å². The van der Waals surface area contributed by atoms with Crippen molar-refractivity contribution in [3.63, 3.8) is 0 Å². The smallest absolute Gasteiger partial charge is 0.00159 e. The molecule has 0 aliphatic heterocycles. The molecule has 0 fully saturated rings. The van der Waals surface area contributed by atoms with E-state index < -0.39 is 0 Å². The van der Waals surface area contributed by atoms with Gasteiger partial charge in [0.05, 0.1) is 0 Å². The maximum Gasteiger partial charge on any atom is -0.00159 e. The highest BCUT2D eigenvalue weighted by atomic mass is 14.2. The molecule has 3 rings (SSSR count). The summed E-state index contributed by atoms with van der Waals surface area (Å²) < 4.78 is 0. The maximum absolute atomic E-state index is 4.35. The van der Waals surface area contributed by atoms with Gasteiger partial charge in [0.1, 0.15) is 0 Å². The van der Waals surface area contributed by atoms with Crippen LogP contribution < -0.4 is 0 Å². The van der Waals surface area contributed by atoms with Crippen LogP contribution in [0.2, 0.25) is 0 Å². The Morgan fingerprint density at radius 2 is 1.54 bits per heavy atom. The van der Waals surface area contributed by atoms with Gasteiger partial charge >= 0.3 is 0 Å². The van der Waals surface area contributed by atoms with E-state index in [4.69, 9.17) is 0 Å². The van der Waals surface area contributed by atoms with Gasteiger partial charge in [-0.2, -0.15) is 0 Å². The van der Waals surface area contributed by atoms with Gasteiger partial charge in [-0.15, -0.1) is 6.58 Å². The monoisotopic (exact) mass is 458 g/mol. The normalized spacial score (nSPS) is 16.5. The van der Waals surface area contributed by atoms with Crippen molar-refractivity contribution in [3.05, 3.63) is 156 Å². The fraction of sp³-hybridized carbons (Fsp3) is 0.200. The SMILES string of the molecule is C=CC=C1C=C(C(=C)C(=C)CCc2ccc(-c3ccc(CC(C=C)C=CC)cc3)cc2)CC1=CC. The van der Waals surface area contributed by atoms with E-state index in [-0.39, 0.29) is 0 Å². The van der Waals surface area contributed by atoms with Crippen molar-refractivity contribution in [2.24, 2.45) is 5.92 Å². The first-order chi connectivity index (χ1) is 17.0. The predicted molar refractivity (Wildman–Crippen MR) is 155 cm³/mol. The van der Waals surface area contributed by atoms with Gasteiger partial charge < -0.3 is 0 Å². The molecule has 0 radical (unpaired) electrons. The van der Waals surface area contributed by atoms with Crippen LogP contribution in [0.1, 0.15) is 37.8 Å². The lowest BCUT2D eigenvalue weighted by Crippen LogP contribution is -1.97. The molecule has 0 heterocycles. The Morgan fingerprint density at radius 1 is 0.914 bits per heavy atom. The second-order valence-corrected chi connectivity index (χ2v) is 9.12. The van der Waals surface area contributed by atoms with Crippen LogP contribution in [0.4, 0.5) is 0 Å². The summed E-state index contributed by atoms with van der Waals surface area (Å²) >= 11 is 0. The molecule has 1 atom stereocenters. The fourth-order valence-corrected chi connectivity index (χ4v) is 4.50. The molecular weight excluding hydrogens is 420 g/mol. The van der Waals surface area contributed by atoms with Crippen LogP contribution in [-0.4, -0.2) is 0 Å². The van der Waals surface area contributed by atoms with Crippen LogP contribution in [0.5, 0.6) is 0 Å². The molecule has 2 aromatic rings. The highest BCUT2D eigenvalue weighted by Crippen LogP contribution is 2.36. The van der Waals surface area contributed by atoms with Crippen LogP contribution in [0.25, 0.3) is 11.1 Å². The Labute approximate surface area is 212 Å². The summed E-state index contributed by atoms with van der Waals surface area (Å²) in [6, 6.07) is 17.8. The first-order valence-electron chi connectivity index (χ1n) is 12.5. The first-order valence-corrected chi connectivity index (χ1v) is 12.5. The van der Waals surface area contributed by atoms with Gasteiger partial charge in [-0.3, -0.25) is 0 Å². The van der Waals surface area contributed by atoms with E-state index in [0.29, 0.717) is 5.92 Å². The summed E-state index contributed by atoms with van der Waals surface area (Å²) in [4.78, 5) is 0. The third-order valence-corrected chi connectivity index (χ3v) is 6.71. The second kappa shape index (κ2) is 12.7. The molecule has 178 valence electrons. The maximum atomic E-state index is 4.35. The molecule has 0 bridgehead atoms. The minimum atomic E-state index is 0.386. The average molecular weight is 459 g/mol. The number of benzene rings is 2. The molecule has 0 N–H and O–H groups in total. The molecule has 1 aliphatic carbocycles. The zero-order valence-electron chi connectivity index (χ0n) is 21.4. The topological polar surface area (TPSA) is 0 Å². The minimum Gasteiger partial charge on any atom is -0.102 e. The van der Waals surface area contributed by atoms with Gasteiger partial charge in [-0.1, -0.05) is 111 Å². The van der Waals surface area contributed by atoms with Crippen molar-refractivity contribution in [1.82, 2.24) is 0 Å². The lowest BCUT2D eigenvalue weighted by molar-refractivity contribution is 0.806. The largest absolute Gasteiger partial charge is 0.102 e. The molecule has 0 aromatic heterocycles. The average Bonchev–Trinajstić information content (AvgIpc) is 3.30. The molecule has 0 saturated carbocycles. The van der Waals surface area contributed by atoms with Gasteiger partial charge in [-0.05, 0) is 95.6 Å². The molecular formula is C35H38. The Balaban J connectivity index is 1.58. The standard InChI is InChI=1S/C35H38/c1-7-11-28(9-3)23-30-17-21-33(22-18-30)32-19-15-29(16-20-32)14-13-26(5)27(6)35-24-31(10-4)34(25-35)12-8-2/h7-12,15-22,25,28H,2-3,5-6,13-14,23-24H2,1,4H3. The number of hydrogen-bond acceptors (Lipinski definition) is 0. The van der Waals surface area contributed by atoms with Crippen LogP contribution >= 0.6 is 0 Å². The van der Waals surface area contributed by atoms with Crippen LogP contribution in [0.15, 0.2) is 145 Å². The quantitative estimate of drug-likeness (QED) is 0.232. The molecule has 2 aromatic carbocycles. The highest BCUT2D eigenvalue weighted by Gasteiger charge is 2.17. The molecule has 1 unspecified atom stereocenters. The van der Waals surface area contributed by atoms with Crippen molar-refractivity contribution >= 4 is 0 Å². The minimum absolute atomic E-state index is 0.386.